The third-order valence-electron chi connectivity index (χ3n) is 1.94. The number of thioether (sulfide) groups is 1. The molecule has 0 aromatic carbocycles. The highest BCUT2D eigenvalue weighted by Crippen LogP contribution is 2.26. The number of primary amides is 1. The molecular weight excluding hydrogens is 256 g/mol. The fourth-order valence-corrected chi connectivity index (χ4v) is 1.67. The lowest BCUT2D eigenvalue weighted by molar-refractivity contribution is -0.119. The van der Waals surface area contributed by atoms with Crippen LogP contribution in [0.15, 0.2) is 9.64 Å². The second kappa shape index (κ2) is 5.38. The summed E-state index contributed by atoms with van der Waals surface area (Å²) >= 11 is 1.07. The predicted molar refractivity (Wildman–Crippen MR) is 66.0 cm³/mol. The van der Waals surface area contributed by atoms with Crippen molar-refractivity contribution in [2.75, 3.05) is 0 Å². The third-order valence-corrected chi connectivity index (χ3v) is 2.88. The van der Waals surface area contributed by atoms with Crippen molar-refractivity contribution in [3.05, 3.63) is 5.89 Å². The Hall–Kier alpha value is -1.57. The number of nitrogens with zero attached hydrogens (tertiary/aromatic N) is 2. The Labute approximate surface area is 109 Å². The van der Waals surface area contributed by atoms with Crippen molar-refractivity contribution in [1.82, 2.24) is 15.5 Å². The number of nitrogens with two attached hydrogens (primary N) is 1. The van der Waals surface area contributed by atoms with Crippen LogP contribution in [0.3, 0.4) is 0 Å². The van der Waals surface area contributed by atoms with Gasteiger partial charge in [0.05, 0.1) is 5.25 Å². The van der Waals surface area contributed by atoms with Crippen LogP contribution in [0.1, 0.15) is 33.6 Å². The standard InChI is InChI=1S/C10H16N4O3S/c1-5(6(15)12-8(11)16)18-9-14-13-7(17-9)10(2,3)4/h5H,1-4H3,(H3,11,12,15,16)/t5-/m1/s1. The fraction of sp³-hybridized carbons (Fsp3) is 0.600. The molecule has 1 rings (SSSR count). The zero-order valence-corrected chi connectivity index (χ0v) is 11.5. The maximum absolute atomic E-state index is 11.4. The molecule has 1 atom stereocenters. The van der Waals surface area contributed by atoms with Crippen LogP contribution < -0.4 is 11.1 Å². The van der Waals surface area contributed by atoms with E-state index in [1.165, 1.54) is 0 Å². The first-order valence-electron chi connectivity index (χ1n) is 5.31. The smallest absolute Gasteiger partial charge is 0.318 e. The molecule has 100 valence electrons. The van der Waals surface area contributed by atoms with Gasteiger partial charge in [0.15, 0.2) is 0 Å². The summed E-state index contributed by atoms with van der Waals surface area (Å²) in [5.74, 6) is -0.00415. The summed E-state index contributed by atoms with van der Waals surface area (Å²) < 4.78 is 5.42. The quantitative estimate of drug-likeness (QED) is 0.795. The number of imide groups is 1. The number of hydrogen-bond acceptors (Lipinski definition) is 6. The van der Waals surface area contributed by atoms with Crippen molar-refractivity contribution in [2.45, 2.75) is 43.6 Å². The van der Waals surface area contributed by atoms with E-state index in [1.807, 2.05) is 26.1 Å². The largest absolute Gasteiger partial charge is 0.415 e. The van der Waals surface area contributed by atoms with Crippen LogP contribution >= 0.6 is 11.8 Å². The molecular formula is C10H16N4O3S. The number of amides is 3. The van der Waals surface area contributed by atoms with Crippen LogP contribution in [0.2, 0.25) is 0 Å². The number of rotatable bonds is 3. The van der Waals surface area contributed by atoms with Crippen LogP contribution in [0.5, 0.6) is 0 Å². The average molecular weight is 272 g/mol. The minimum absolute atomic E-state index is 0.246. The van der Waals surface area contributed by atoms with E-state index in [9.17, 15) is 9.59 Å². The molecule has 1 aromatic heterocycles. The first-order valence-corrected chi connectivity index (χ1v) is 6.19. The Morgan fingerprint density at radius 3 is 2.44 bits per heavy atom. The van der Waals surface area contributed by atoms with Crippen molar-refractivity contribution in [3.63, 3.8) is 0 Å². The van der Waals surface area contributed by atoms with Crippen molar-refractivity contribution in [1.29, 1.82) is 0 Å². The number of nitrogens with one attached hydrogen (secondary N) is 1. The molecule has 0 aliphatic carbocycles. The van der Waals surface area contributed by atoms with E-state index in [-0.39, 0.29) is 10.6 Å². The minimum atomic E-state index is -0.881. The van der Waals surface area contributed by atoms with Gasteiger partial charge in [-0.2, -0.15) is 0 Å². The monoisotopic (exact) mass is 272 g/mol. The molecule has 8 heteroatoms. The van der Waals surface area contributed by atoms with Crippen molar-refractivity contribution in [2.24, 2.45) is 5.73 Å². The lowest BCUT2D eigenvalue weighted by Gasteiger charge is -2.11. The molecule has 0 unspecified atom stereocenters. The Morgan fingerprint density at radius 1 is 1.39 bits per heavy atom. The molecule has 0 aliphatic heterocycles. The molecule has 18 heavy (non-hydrogen) atoms. The van der Waals surface area contributed by atoms with Gasteiger partial charge in [-0.25, -0.2) is 4.79 Å². The van der Waals surface area contributed by atoms with E-state index in [0.717, 1.165) is 11.8 Å². The molecule has 0 spiro atoms. The number of hydrogen-bond donors (Lipinski definition) is 2. The summed E-state index contributed by atoms with van der Waals surface area (Å²) in [5.41, 5.74) is 4.61. The fourth-order valence-electron chi connectivity index (χ4n) is 0.988. The zero-order valence-electron chi connectivity index (χ0n) is 10.7. The number of carbonyl (C=O) groups excluding carboxylic acids is 2. The number of urea groups is 1. The molecule has 0 radical (unpaired) electrons. The van der Waals surface area contributed by atoms with E-state index in [0.29, 0.717) is 5.89 Å². The zero-order chi connectivity index (χ0) is 13.9. The van der Waals surface area contributed by atoms with E-state index in [2.05, 4.69) is 10.2 Å². The summed E-state index contributed by atoms with van der Waals surface area (Å²) in [7, 11) is 0. The van der Waals surface area contributed by atoms with E-state index >= 15 is 0 Å². The van der Waals surface area contributed by atoms with Gasteiger partial charge in [0.25, 0.3) is 5.22 Å². The van der Waals surface area contributed by atoms with Gasteiger partial charge in [0, 0.05) is 5.41 Å². The Balaban J connectivity index is 2.65. The van der Waals surface area contributed by atoms with Crippen LogP contribution in [-0.4, -0.2) is 27.4 Å². The Kier molecular flexibility index (Phi) is 4.33. The van der Waals surface area contributed by atoms with E-state index in [4.69, 9.17) is 10.2 Å². The van der Waals surface area contributed by atoms with Gasteiger partial charge in [-0.3, -0.25) is 10.1 Å². The van der Waals surface area contributed by atoms with Gasteiger partial charge in [0.1, 0.15) is 0 Å². The topological polar surface area (TPSA) is 111 Å². The Bertz CT molecular complexity index is 452. The number of carbonyl (C=O) groups is 2. The van der Waals surface area contributed by atoms with Crippen molar-refractivity contribution < 1.29 is 14.0 Å². The maximum Gasteiger partial charge on any atom is 0.318 e. The van der Waals surface area contributed by atoms with Gasteiger partial charge in [0.2, 0.25) is 11.8 Å². The van der Waals surface area contributed by atoms with Crippen LogP contribution in [0, 0.1) is 0 Å². The molecule has 0 saturated heterocycles. The third kappa shape index (κ3) is 4.02. The summed E-state index contributed by atoms with van der Waals surface area (Å²) in [6, 6.07) is -0.881. The van der Waals surface area contributed by atoms with Gasteiger partial charge in [-0.15, -0.1) is 10.2 Å². The first kappa shape index (κ1) is 14.5. The SMILES string of the molecule is C[C@@H](Sc1nnc(C(C)(C)C)o1)C(=O)NC(N)=O. The Morgan fingerprint density at radius 2 is 2.00 bits per heavy atom. The van der Waals surface area contributed by atoms with Crippen LogP contribution in [0.25, 0.3) is 0 Å². The normalized spacial score (nSPS) is 13.1. The highest BCUT2D eigenvalue weighted by molar-refractivity contribution is 8.00. The second-order valence-electron chi connectivity index (χ2n) is 4.74. The first-order chi connectivity index (χ1) is 8.20. The predicted octanol–water partition coefficient (Wildman–Crippen LogP) is 1.04. The van der Waals surface area contributed by atoms with Crippen LogP contribution in [-0.2, 0) is 10.2 Å². The van der Waals surface area contributed by atoms with E-state index < -0.39 is 17.2 Å². The highest BCUT2D eigenvalue weighted by atomic mass is 32.2. The molecule has 3 amide bonds. The lowest BCUT2D eigenvalue weighted by Crippen LogP contribution is -2.39. The van der Waals surface area contributed by atoms with Gasteiger partial charge >= 0.3 is 6.03 Å². The molecule has 0 bridgehead atoms. The maximum atomic E-state index is 11.4. The molecule has 7 nitrogen and oxygen atoms in total. The molecule has 1 aromatic rings. The van der Waals surface area contributed by atoms with Gasteiger partial charge < -0.3 is 10.2 Å². The van der Waals surface area contributed by atoms with Crippen molar-refractivity contribution in [3.8, 4) is 0 Å². The second-order valence-corrected chi connectivity index (χ2v) is 6.03. The van der Waals surface area contributed by atoms with E-state index in [1.54, 1.807) is 6.92 Å². The molecule has 3 N–H and O–H groups in total. The van der Waals surface area contributed by atoms with Gasteiger partial charge in [-0.1, -0.05) is 32.5 Å². The van der Waals surface area contributed by atoms with Gasteiger partial charge in [-0.05, 0) is 6.92 Å². The summed E-state index contributed by atoms with van der Waals surface area (Å²) in [5, 5.41) is 9.46. The molecule has 1 heterocycles. The molecule has 0 fully saturated rings. The number of aromatic nitrogens is 2. The summed E-state index contributed by atoms with van der Waals surface area (Å²) in [6.45, 7) is 7.44. The van der Waals surface area contributed by atoms with Crippen molar-refractivity contribution >= 4 is 23.7 Å². The molecule has 0 saturated carbocycles. The summed E-state index contributed by atoms with van der Waals surface area (Å²) in [6.07, 6.45) is 0. The highest BCUT2D eigenvalue weighted by Gasteiger charge is 2.24. The lowest BCUT2D eigenvalue weighted by atomic mass is 9.97. The average Bonchev–Trinajstić information content (AvgIpc) is 2.64. The molecule has 0 aliphatic rings. The summed E-state index contributed by atoms with van der Waals surface area (Å²) in [4.78, 5) is 22.0. The van der Waals surface area contributed by atoms with Crippen LogP contribution in [0.4, 0.5) is 4.79 Å². The minimum Gasteiger partial charge on any atom is -0.415 e.